The summed E-state index contributed by atoms with van der Waals surface area (Å²) in [5.74, 6) is 0.665. The highest BCUT2D eigenvalue weighted by molar-refractivity contribution is 7.89. The van der Waals surface area contributed by atoms with Crippen molar-refractivity contribution in [1.82, 2.24) is 10.0 Å². The molecule has 0 heterocycles. The summed E-state index contributed by atoms with van der Waals surface area (Å²) in [7, 11) is -1.98. The van der Waals surface area contributed by atoms with Gasteiger partial charge in [-0.15, -0.1) is 0 Å². The van der Waals surface area contributed by atoms with E-state index in [1.807, 2.05) is 6.92 Å². The molecule has 0 saturated heterocycles. The van der Waals surface area contributed by atoms with Crippen molar-refractivity contribution in [3.63, 3.8) is 0 Å². The Bertz CT molecular complexity index is 429. The summed E-state index contributed by atoms with van der Waals surface area (Å²) < 4.78 is 30.6. The molecule has 0 amide bonds. The zero-order chi connectivity index (χ0) is 12.7. The first kappa shape index (κ1) is 14.0. The maximum Gasteiger partial charge on any atom is 0.240 e. The van der Waals surface area contributed by atoms with Gasteiger partial charge in [-0.25, -0.2) is 13.1 Å². The Hall–Kier alpha value is -1.11. The molecule has 1 aromatic carbocycles. The molecule has 0 aliphatic rings. The smallest absolute Gasteiger partial charge is 0.240 e. The molecular formula is C11H18N2O3S. The summed E-state index contributed by atoms with van der Waals surface area (Å²) in [4.78, 5) is 0.235. The predicted molar refractivity (Wildman–Crippen MR) is 66.7 cm³/mol. The summed E-state index contributed by atoms with van der Waals surface area (Å²) in [5, 5.41) is 3.13. The monoisotopic (exact) mass is 258 g/mol. The third kappa shape index (κ3) is 4.33. The van der Waals surface area contributed by atoms with Gasteiger partial charge in [-0.1, -0.05) is 6.92 Å². The Labute approximate surface area is 102 Å². The number of benzene rings is 1. The van der Waals surface area contributed by atoms with Crippen molar-refractivity contribution in [2.24, 2.45) is 0 Å². The zero-order valence-electron chi connectivity index (χ0n) is 10.1. The van der Waals surface area contributed by atoms with Gasteiger partial charge in [0.05, 0.1) is 4.90 Å². The number of hydrogen-bond acceptors (Lipinski definition) is 4. The Morgan fingerprint density at radius 3 is 2.41 bits per heavy atom. The van der Waals surface area contributed by atoms with Crippen LogP contribution in [0.2, 0.25) is 0 Å². The largest absolute Gasteiger partial charge is 0.492 e. The molecule has 0 fully saturated rings. The van der Waals surface area contributed by atoms with Gasteiger partial charge in [0.15, 0.2) is 0 Å². The molecule has 0 bridgehead atoms. The highest BCUT2D eigenvalue weighted by Crippen LogP contribution is 2.15. The fourth-order valence-corrected chi connectivity index (χ4v) is 1.98. The van der Waals surface area contributed by atoms with Crippen LogP contribution >= 0.6 is 0 Å². The van der Waals surface area contributed by atoms with Crippen LogP contribution < -0.4 is 14.8 Å². The van der Waals surface area contributed by atoms with E-state index in [-0.39, 0.29) is 4.90 Å². The molecule has 1 rings (SSSR count). The minimum absolute atomic E-state index is 0.235. The number of hydrogen-bond donors (Lipinski definition) is 2. The van der Waals surface area contributed by atoms with Crippen molar-refractivity contribution in [1.29, 1.82) is 0 Å². The van der Waals surface area contributed by atoms with Crippen LogP contribution in [0.5, 0.6) is 5.75 Å². The molecule has 17 heavy (non-hydrogen) atoms. The topological polar surface area (TPSA) is 67.4 Å². The quantitative estimate of drug-likeness (QED) is 0.702. The first-order chi connectivity index (χ1) is 8.10. The number of nitrogens with one attached hydrogen (secondary N) is 2. The van der Waals surface area contributed by atoms with Crippen molar-refractivity contribution in [3.05, 3.63) is 24.3 Å². The van der Waals surface area contributed by atoms with E-state index in [1.54, 1.807) is 12.1 Å². The van der Waals surface area contributed by atoms with Gasteiger partial charge in [0, 0.05) is 6.54 Å². The second kappa shape index (κ2) is 6.58. The van der Waals surface area contributed by atoms with E-state index in [1.165, 1.54) is 19.2 Å². The third-order valence-corrected chi connectivity index (χ3v) is 3.63. The molecule has 0 aromatic heterocycles. The molecule has 0 unspecified atom stereocenters. The van der Waals surface area contributed by atoms with E-state index >= 15 is 0 Å². The average Bonchev–Trinajstić information content (AvgIpc) is 2.35. The Morgan fingerprint density at radius 1 is 1.24 bits per heavy atom. The standard InChI is InChI=1S/C11H18N2O3S/c1-3-13-8-9-16-10-4-6-11(7-5-10)17(14,15)12-2/h4-7,12-13H,3,8-9H2,1-2H3. The Balaban J connectivity index is 2.57. The summed E-state index contributed by atoms with van der Waals surface area (Å²) in [5.41, 5.74) is 0. The van der Waals surface area contributed by atoms with Gasteiger partial charge in [0.25, 0.3) is 0 Å². The molecule has 0 saturated carbocycles. The lowest BCUT2D eigenvalue weighted by molar-refractivity contribution is 0.315. The van der Waals surface area contributed by atoms with Gasteiger partial charge in [0.2, 0.25) is 10.0 Å². The predicted octanol–water partition coefficient (Wildman–Crippen LogP) is 0.583. The fraction of sp³-hybridized carbons (Fsp3) is 0.455. The van der Waals surface area contributed by atoms with Crippen molar-refractivity contribution in [2.75, 3.05) is 26.7 Å². The van der Waals surface area contributed by atoms with Gasteiger partial charge in [-0.05, 0) is 37.9 Å². The maximum atomic E-state index is 11.4. The summed E-state index contributed by atoms with van der Waals surface area (Å²) in [6, 6.07) is 6.34. The first-order valence-corrected chi connectivity index (χ1v) is 6.95. The highest BCUT2D eigenvalue weighted by Gasteiger charge is 2.10. The summed E-state index contributed by atoms with van der Waals surface area (Å²) >= 11 is 0. The molecule has 5 nitrogen and oxygen atoms in total. The number of rotatable bonds is 7. The minimum atomic E-state index is -3.36. The molecule has 1 aromatic rings. The number of ether oxygens (including phenoxy) is 1. The molecular weight excluding hydrogens is 240 g/mol. The second-order valence-electron chi connectivity index (χ2n) is 3.38. The molecule has 0 aliphatic carbocycles. The van der Waals surface area contributed by atoms with Crippen LogP contribution in [0.25, 0.3) is 0 Å². The second-order valence-corrected chi connectivity index (χ2v) is 5.27. The van der Waals surface area contributed by atoms with Gasteiger partial charge in [-0.2, -0.15) is 0 Å². The maximum absolute atomic E-state index is 11.4. The van der Waals surface area contributed by atoms with Crippen LogP contribution in [0.3, 0.4) is 0 Å². The first-order valence-electron chi connectivity index (χ1n) is 5.47. The molecule has 96 valence electrons. The third-order valence-electron chi connectivity index (χ3n) is 2.20. The van der Waals surface area contributed by atoms with Gasteiger partial charge < -0.3 is 10.1 Å². The number of sulfonamides is 1. The van der Waals surface area contributed by atoms with E-state index in [0.29, 0.717) is 12.4 Å². The normalized spacial score (nSPS) is 11.4. The molecule has 2 N–H and O–H groups in total. The van der Waals surface area contributed by atoms with Crippen LogP contribution in [-0.4, -0.2) is 35.2 Å². The lowest BCUT2D eigenvalue weighted by atomic mass is 10.3. The van der Waals surface area contributed by atoms with E-state index in [4.69, 9.17) is 4.74 Å². The Kier molecular flexibility index (Phi) is 5.40. The summed E-state index contributed by atoms with van der Waals surface area (Å²) in [6.07, 6.45) is 0. The lowest BCUT2D eigenvalue weighted by Crippen LogP contribution is -2.20. The van der Waals surface area contributed by atoms with E-state index < -0.39 is 10.0 Å². The van der Waals surface area contributed by atoms with E-state index in [9.17, 15) is 8.42 Å². The van der Waals surface area contributed by atoms with Crippen LogP contribution in [-0.2, 0) is 10.0 Å². The highest BCUT2D eigenvalue weighted by atomic mass is 32.2. The zero-order valence-corrected chi connectivity index (χ0v) is 10.9. The van der Waals surface area contributed by atoms with Gasteiger partial charge in [-0.3, -0.25) is 0 Å². The molecule has 0 radical (unpaired) electrons. The SMILES string of the molecule is CCNCCOc1ccc(S(=O)(=O)NC)cc1. The van der Waals surface area contributed by atoms with Crippen molar-refractivity contribution < 1.29 is 13.2 Å². The average molecular weight is 258 g/mol. The number of likely N-dealkylation sites (N-methyl/N-ethyl adjacent to an activating group) is 1. The van der Waals surface area contributed by atoms with Crippen LogP contribution in [0, 0.1) is 0 Å². The Morgan fingerprint density at radius 2 is 1.88 bits per heavy atom. The molecule has 0 spiro atoms. The molecule has 0 aliphatic heterocycles. The van der Waals surface area contributed by atoms with Crippen molar-refractivity contribution in [2.45, 2.75) is 11.8 Å². The van der Waals surface area contributed by atoms with Crippen LogP contribution in [0.1, 0.15) is 6.92 Å². The van der Waals surface area contributed by atoms with E-state index in [2.05, 4.69) is 10.0 Å². The van der Waals surface area contributed by atoms with Crippen LogP contribution in [0.15, 0.2) is 29.2 Å². The van der Waals surface area contributed by atoms with Crippen molar-refractivity contribution in [3.8, 4) is 5.75 Å². The van der Waals surface area contributed by atoms with E-state index in [0.717, 1.165) is 13.1 Å². The van der Waals surface area contributed by atoms with Gasteiger partial charge in [0.1, 0.15) is 12.4 Å². The molecule has 6 heteroatoms. The summed E-state index contributed by atoms with van der Waals surface area (Å²) in [6.45, 7) is 4.26. The van der Waals surface area contributed by atoms with Crippen molar-refractivity contribution >= 4 is 10.0 Å². The fourth-order valence-electron chi connectivity index (χ4n) is 1.25. The van der Waals surface area contributed by atoms with Gasteiger partial charge >= 0.3 is 0 Å². The molecule has 0 atom stereocenters. The van der Waals surface area contributed by atoms with Crippen LogP contribution in [0.4, 0.5) is 0 Å². The minimum Gasteiger partial charge on any atom is -0.492 e. The lowest BCUT2D eigenvalue weighted by Gasteiger charge is -2.07.